The van der Waals surface area contributed by atoms with Gasteiger partial charge in [-0.25, -0.2) is 9.59 Å². The van der Waals surface area contributed by atoms with Crippen LogP contribution < -0.4 is 10.1 Å². The van der Waals surface area contributed by atoms with E-state index in [0.29, 0.717) is 23.9 Å². The molecule has 2 aliphatic rings. The van der Waals surface area contributed by atoms with Crippen molar-refractivity contribution in [1.82, 2.24) is 15.1 Å². The molecule has 2 atom stereocenters. The fourth-order valence-corrected chi connectivity index (χ4v) is 7.50. The van der Waals surface area contributed by atoms with Crippen molar-refractivity contribution in [3.05, 3.63) is 131 Å². The molecule has 8 nitrogen and oxygen atoms in total. The Morgan fingerprint density at radius 2 is 1.53 bits per heavy atom. The number of hydrogen-bond acceptors (Lipinski definition) is 8. The van der Waals surface area contributed by atoms with Gasteiger partial charge in [0.25, 0.3) is 0 Å². The van der Waals surface area contributed by atoms with Gasteiger partial charge in [-0.2, -0.15) is 13.2 Å². The van der Waals surface area contributed by atoms with E-state index in [0.717, 1.165) is 50.2 Å². The van der Waals surface area contributed by atoms with Gasteiger partial charge in [0.2, 0.25) is 0 Å². The Labute approximate surface area is 335 Å². The molecule has 2 heterocycles. The van der Waals surface area contributed by atoms with Crippen LogP contribution in [0.2, 0.25) is 0 Å². The van der Waals surface area contributed by atoms with Gasteiger partial charge in [0.1, 0.15) is 11.9 Å². The molecule has 0 aliphatic carbocycles. The number of thioether (sulfide) groups is 1. The highest BCUT2D eigenvalue weighted by Gasteiger charge is 2.31. The third kappa shape index (κ3) is 14.6. The summed E-state index contributed by atoms with van der Waals surface area (Å²) in [4.78, 5) is 28.5. The summed E-state index contributed by atoms with van der Waals surface area (Å²) in [6.07, 6.45) is 0.601. The number of alkyl halides is 3. The summed E-state index contributed by atoms with van der Waals surface area (Å²) < 4.78 is 43.6. The number of nitrogens with zero attached hydrogens (tertiary/aromatic N) is 2. The number of carbonyl (C=O) groups is 2. The van der Waals surface area contributed by atoms with E-state index in [-0.39, 0.29) is 18.5 Å². The highest BCUT2D eigenvalue weighted by atomic mass is 35.5. The molecule has 2 aliphatic heterocycles. The average Bonchev–Trinajstić information content (AvgIpc) is 3.33. The Balaban J connectivity index is 0.000000245. The van der Waals surface area contributed by atoms with E-state index in [1.807, 2.05) is 60.9 Å². The Morgan fingerprint density at radius 3 is 2.11 bits per heavy atom. The smallest absolute Gasteiger partial charge is 0.416 e. The minimum Gasteiger partial charge on any atom is -0.486 e. The molecule has 6 rings (SSSR count). The molecule has 1 saturated heterocycles. The molecular weight excluding hydrogens is 771 g/mol. The number of benzene rings is 4. The van der Waals surface area contributed by atoms with Crippen molar-refractivity contribution >= 4 is 47.9 Å². The van der Waals surface area contributed by atoms with E-state index in [9.17, 15) is 22.8 Å². The molecule has 55 heavy (non-hydrogen) atoms. The molecular formula is C41H47ClF3N3O5S2. The Hall–Kier alpha value is -3.98. The topological polar surface area (TPSA) is 102 Å². The van der Waals surface area contributed by atoms with Crippen LogP contribution in [-0.2, 0) is 22.2 Å². The second-order valence-electron chi connectivity index (χ2n) is 12.6. The predicted octanol–water partition coefficient (Wildman–Crippen LogP) is 8.97. The lowest BCUT2D eigenvalue weighted by atomic mass is 9.96. The molecule has 0 saturated carbocycles. The summed E-state index contributed by atoms with van der Waals surface area (Å²) in [5.74, 6) is -2.09. The van der Waals surface area contributed by atoms with E-state index in [4.69, 9.17) is 14.9 Å². The maximum absolute atomic E-state index is 12.6. The molecule has 0 aromatic heterocycles. The molecule has 296 valence electrons. The SMILES string of the molecule is CNCCC(Oc1ccc(C(F)(F)F)cc1)c1ccccc1.CSc1ccc2c(c1)C(N1CCN(C)CC1)Cc1ccccc1S2.Cl.O=C(O)C=CC(=O)O. The van der Waals surface area contributed by atoms with Gasteiger partial charge < -0.3 is 25.2 Å². The first-order chi connectivity index (χ1) is 25.9. The van der Waals surface area contributed by atoms with E-state index >= 15 is 0 Å². The molecule has 0 amide bonds. The number of piperazine rings is 1. The van der Waals surface area contributed by atoms with Crippen molar-refractivity contribution in [3.63, 3.8) is 0 Å². The van der Waals surface area contributed by atoms with Crippen LogP contribution in [0.25, 0.3) is 0 Å². The van der Waals surface area contributed by atoms with E-state index in [1.165, 1.54) is 51.0 Å². The third-order valence-electron chi connectivity index (χ3n) is 8.82. The fraction of sp³-hybridized carbons (Fsp3) is 0.317. The molecule has 0 bridgehead atoms. The monoisotopic (exact) mass is 817 g/mol. The molecule has 14 heteroatoms. The van der Waals surface area contributed by atoms with E-state index in [1.54, 1.807) is 0 Å². The summed E-state index contributed by atoms with van der Waals surface area (Å²) in [6, 6.07) is 30.9. The first kappa shape index (κ1) is 45.4. The van der Waals surface area contributed by atoms with Gasteiger partial charge in [-0.3, -0.25) is 4.90 Å². The number of halogens is 4. The zero-order valence-electron chi connectivity index (χ0n) is 30.9. The van der Waals surface area contributed by atoms with Crippen molar-refractivity contribution in [2.24, 2.45) is 0 Å². The Morgan fingerprint density at radius 1 is 0.909 bits per heavy atom. The minimum atomic E-state index is -4.33. The van der Waals surface area contributed by atoms with Crippen molar-refractivity contribution in [2.45, 2.75) is 45.9 Å². The number of carboxylic acid groups (broad SMARTS) is 2. The lowest BCUT2D eigenvalue weighted by molar-refractivity contribution is -0.137. The van der Waals surface area contributed by atoms with Crippen molar-refractivity contribution in [3.8, 4) is 5.75 Å². The van der Waals surface area contributed by atoms with Gasteiger partial charge in [-0.1, -0.05) is 60.3 Å². The van der Waals surface area contributed by atoms with E-state index < -0.39 is 23.7 Å². The first-order valence-electron chi connectivity index (χ1n) is 17.4. The van der Waals surface area contributed by atoms with Crippen molar-refractivity contribution < 1.29 is 37.7 Å². The zero-order chi connectivity index (χ0) is 39.1. The maximum atomic E-state index is 12.6. The van der Waals surface area contributed by atoms with Gasteiger partial charge in [-0.15, -0.1) is 24.2 Å². The highest BCUT2D eigenvalue weighted by molar-refractivity contribution is 7.99. The van der Waals surface area contributed by atoms with Crippen LogP contribution in [0.5, 0.6) is 5.75 Å². The molecule has 1 fully saturated rings. The number of ether oxygens (including phenoxy) is 1. The maximum Gasteiger partial charge on any atom is 0.416 e. The van der Waals surface area contributed by atoms with Crippen molar-refractivity contribution in [1.29, 1.82) is 0 Å². The van der Waals surface area contributed by atoms with Gasteiger partial charge in [-0.05, 0) is 98.5 Å². The summed E-state index contributed by atoms with van der Waals surface area (Å²) in [5, 5.41) is 18.7. The molecule has 0 radical (unpaired) electrons. The van der Waals surface area contributed by atoms with Crippen LogP contribution in [-0.4, -0.2) is 85.0 Å². The lowest BCUT2D eigenvalue weighted by Gasteiger charge is -2.38. The summed E-state index contributed by atoms with van der Waals surface area (Å²) in [5.41, 5.74) is 3.34. The number of fused-ring (bicyclic) bond motifs is 2. The molecule has 3 N–H and O–H groups in total. The van der Waals surface area contributed by atoms with Crippen LogP contribution >= 0.6 is 35.9 Å². The molecule has 2 unspecified atom stereocenters. The highest BCUT2D eigenvalue weighted by Crippen LogP contribution is 2.44. The van der Waals surface area contributed by atoms with Gasteiger partial charge in [0.05, 0.1) is 5.56 Å². The largest absolute Gasteiger partial charge is 0.486 e. The number of hydrogen-bond donors (Lipinski definition) is 3. The summed E-state index contributed by atoms with van der Waals surface area (Å²) in [6.45, 7) is 5.42. The van der Waals surface area contributed by atoms with Crippen LogP contribution in [0.1, 0.15) is 40.8 Å². The first-order valence-corrected chi connectivity index (χ1v) is 19.5. The van der Waals surface area contributed by atoms with Crippen molar-refractivity contribution in [2.75, 3.05) is 53.1 Å². The Bertz CT molecular complexity index is 1810. The number of nitrogens with one attached hydrogen (secondary N) is 1. The quantitative estimate of drug-likeness (QED) is 0.106. The Kier molecular flexibility index (Phi) is 18.6. The van der Waals surface area contributed by atoms with E-state index in [2.05, 4.69) is 70.9 Å². The normalized spacial score (nSPS) is 16.1. The second-order valence-corrected chi connectivity index (χ2v) is 14.6. The van der Waals surface area contributed by atoms with Crippen LogP contribution in [0, 0.1) is 0 Å². The van der Waals surface area contributed by atoms with Gasteiger partial charge >= 0.3 is 18.1 Å². The summed E-state index contributed by atoms with van der Waals surface area (Å²) in [7, 11) is 4.08. The fourth-order valence-electron chi connectivity index (χ4n) is 5.94. The summed E-state index contributed by atoms with van der Waals surface area (Å²) >= 11 is 3.79. The number of likely N-dealkylation sites (N-methyl/N-ethyl adjacent to an activating group) is 1. The number of rotatable bonds is 10. The lowest BCUT2D eigenvalue weighted by Crippen LogP contribution is -2.46. The number of carboxylic acids is 2. The zero-order valence-corrected chi connectivity index (χ0v) is 33.3. The minimum absolute atomic E-state index is 0. The van der Waals surface area contributed by atoms with Gasteiger partial charge in [0, 0.05) is 65.5 Å². The number of aliphatic carboxylic acids is 2. The van der Waals surface area contributed by atoms with Crippen LogP contribution in [0.4, 0.5) is 13.2 Å². The standard InChI is InChI=1S/C20H24N2S2.C17H18F3NO.C4H4O4.ClH/c1-21-9-11-22(12-10-21)18-13-15-5-3-4-6-19(15)24-20-8-7-16(23-2)14-17(18)20;1-21-12-11-16(13-5-3-2-4-6-13)22-15-9-7-14(8-10-15)17(18,19)20;5-3(6)1-2-4(7)8;/h3-8,14,18H,9-13H2,1-2H3;2-10,16,21H,11-12H2,1H3;1-2H,(H,5,6)(H,7,8);1H. The average molecular weight is 818 g/mol. The van der Waals surface area contributed by atoms with Gasteiger partial charge in [0.15, 0.2) is 0 Å². The third-order valence-corrected chi connectivity index (χ3v) is 10.8. The second kappa shape index (κ2) is 22.5. The molecule has 0 spiro atoms. The predicted molar refractivity (Wildman–Crippen MR) is 216 cm³/mol. The van der Waals surface area contributed by atoms with Crippen LogP contribution in [0.3, 0.4) is 0 Å². The molecule has 4 aromatic rings. The molecule has 4 aromatic carbocycles. The van der Waals surface area contributed by atoms with Crippen LogP contribution in [0.15, 0.2) is 124 Å².